The van der Waals surface area contributed by atoms with Crippen LogP contribution in [0.15, 0.2) is 18.2 Å². The van der Waals surface area contributed by atoms with E-state index in [0.717, 1.165) is 12.1 Å². The zero-order chi connectivity index (χ0) is 15.7. The number of rotatable bonds is 9. The third-order valence-corrected chi connectivity index (χ3v) is 3.21. The number of hydrogen-bond donors (Lipinski definition) is 1. The van der Waals surface area contributed by atoms with Gasteiger partial charge in [-0.1, -0.05) is 23.7 Å². The molecule has 1 aromatic carbocycles. The first-order valence-electron chi connectivity index (χ1n) is 6.86. The quantitative estimate of drug-likeness (QED) is 0.708. The Hall–Kier alpha value is -1.30. The number of methoxy groups -OCH3 is 1. The van der Waals surface area contributed by atoms with Crippen molar-refractivity contribution >= 4 is 17.5 Å². The first-order chi connectivity index (χ1) is 10.1. The van der Waals surface area contributed by atoms with Crippen LogP contribution < -0.4 is 10.1 Å². The molecule has 1 aromatic rings. The van der Waals surface area contributed by atoms with Gasteiger partial charge < -0.3 is 19.7 Å². The fourth-order valence-electron chi connectivity index (χ4n) is 1.72. The summed E-state index contributed by atoms with van der Waals surface area (Å²) in [4.78, 5) is 13.1. The standard InChI is InChI=1S/C15H23ClN2O3/c1-18(2)14(19)7-9-21-15-12(5-4-6-13(15)16)11-17-8-10-20-3/h4-6,17H,7-11H2,1-3H3. The van der Waals surface area contributed by atoms with E-state index in [0.29, 0.717) is 37.0 Å². The molecule has 0 aliphatic heterocycles. The number of halogens is 1. The average Bonchev–Trinajstić information content (AvgIpc) is 2.45. The topological polar surface area (TPSA) is 50.8 Å². The van der Waals surface area contributed by atoms with Crippen LogP contribution in [0, 0.1) is 0 Å². The summed E-state index contributed by atoms with van der Waals surface area (Å²) in [6.45, 7) is 2.35. The zero-order valence-electron chi connectivity index (χ0n) is 12.8. The molecule has 5 nitrogen and oxygen atoms in total. The number of ether oxygens (including phenoxy) is 2. The van der Waals surface area contributed by atoms with E-state index in [1.54, 1.807) is 32.2 Å². The summed E-state index contributed by atoms with van der Waals surface area (Å²) in [6.07, 6.45) is 0.328. The molecule has 0 atom stereocenters. The Morgan fingerprint density at radius 3 is 2.76 bits per heavy atom. The summed E-state index contributed by atoms with van der Waals surface area (Å²) < 4.78 is 10.7. The Bertz CT molecular complexity index is 453. The van der Waals surface area contributed by atoms with Crippen molar-refractivity contribution < 1.29 is 14.3 Å². The lowest BCUT2D eigenvalue weighted by Gasteiger charge is -2.15. The second kappa shape index (κ2) is 9.60. The Morgan fingerprint density at radius 1 is 1.33 bits per heavy atom. The van der Waals surface area contributed by atoms with Crippen molar-refractivity contribution in [3.8, 4) is 5.75 Å². The third-order valence-electron chi connectivity index (χ3n) is 2.91. The Balaban J connectivity index is 2.56. The van der Waals surface area contributed by atoms with Crippen molar-refractivity contribution in [2.24, 2.45) is 0 Å². The second-order valence-electron chi connectivity index (χ2n) is 4.78. The summed E-state index contributed by atoms with van der Waals surface area (Å²) in [5.74, 6) is 0.664. The smallest absolute Gasteiger partial charge is 0.225 e. The highest BCUT2D eigenvalue weighted by molar-refractivity contribution is 6.32. The van der Waals surface area contributed by atoms with Gasteiger partial charge >= 0.3 is 0 Å². The highest BCUT2D eigenvalue weighted by atomic mass is 35.5. The molecule has 118 valence electrons. The summed E-state index contributed by atoms with van der Waals surface area (Å²) in [5.41, 5.74) is 0.968. The van der Waals surface area contributed by atoms with Crippen LogP contribution in [0.1, 0.15) is 12.0 Å². The predicted molar refractivity (Wildman–Crippen MR) is 83.8 cm³/mol. The second-order valence-corrected chi connectivity index (χ2v) is 5.19. The third kappa shape index (κ3) is 6.33. The fourth-order valence-corrected chi connectivity index (χ4v) is 1.96. The van der Waals surface area contributed by atoms with E-state index < -0.39 is 0 Å². The Morgan fingerprint density at radius 2 is 2.10 bits per heavy atom. The van der Waals surface area contributed by atoms with Crippen molar-refractivity contribution in [2.45, 2.75) is 13.0 Å². The molecule has 1 rings (SSSR count). The van der Waals surface area contributed by atoms with Crippen LogP contribution in [0.4, 0.5) is 0 Å². The molecule has 0 aromatic heterocycles. The lowest BCUT2D eigenvalue weighted by molar-refractivity contribution is -0.129. The van der Waals surface area contributed by atoms with Gasteiger partial charge in [0.05, 0.1) is 24.7 Å². The number of para-hydroxylation sites is 1. The average molecular weight is 315 g/mol. The highest BCUT2D eigenvalue weighted by Crippen LogP contribution is 2.28. The van der Waals surface area contributed by atoms with Crippen LogP contribution in [-0.4, -0.2) is 51.8 Å². The molecule has 0 aliphatic rings. The first kappa shape index (κ1) is 17.8. The van der Waals surface area contributed by atoms with Crippen molar-refractivity contribution in [1.82, 2.24) is 10.2 Å². The van der Waals surface area contributed by atoms with E-state index in [2.05, 4.69) is 5.32 Å². The van der Waals surface area contributed by atoms with E-state index >= 15 is 0 Å². The summed E-state index contributed by atoms with van der Waals surface area (Å²) in [7, 11) is 5.11. The minimum atomic E-state index is 0.0295. The van der Waals surface area contributed by atoms with E-state index in [1.807, 2.05) is 12.1 Å². The summed E-state index contributed by atoms with van der Waals surface area (Å²) in [6, 6.07) is 5.62. The predicted octanol–water partition coefficient (Wildman–Crippen LogP) is 1.93. The summed E-state index contributed by atoms with van der Waals surface area (Å²) >= 11 is 6.17. The number of nitrogens with one attached hydrogen (secondary N) is 1. The maximum Gasteiger partial charge on any atom is 0.225 e. The molecular weight excluding hydrogens is 292 g/mol. The van der Waals surface area contributed by atoms with Crippen molar-refractivity contribution in [1.29, 1.82) is 0 Å². The highest BCUT2D eigenvalue weighted by Gasteiger charge is 2.10. The number of carbonyl (C=O) groups excluding carboxylic acids is 1. The van der Waals surface area contributed by atoms with Crippen LogP contribution in [0.2, 0.25) is 5.02 Å². The molecule has 0 fully saturated rings. The number of nitrogens with zero attached hydrogens (tertiary/aromatic N) is 1. The maximum atomic E-state index is 11.5. The van der Waals surface area contributed by atoms with E-state index in [9.17, 15) is 4.79 Å². The van der Waals surface area contributed by atoms with Crippen LogP contribution in [-0.2, 0) is 16.1 Å². The maximum absolute atomic E-state index is 11.5. The normalized spacial score (nSPS) is 10.5. The molecular formula is C15H23ClN2O3. The lowest BCUT2D eigenvalue weighted by Crippen LogP contribution is -2.23. The van der Waals surface area contributed by atoms with Gasteiger partial charge in [0.1, 0.15) is 5.75 Å². The Labute approximate surface area is 131 Å². The van der Waals surface area contributed by atoms with Gasteiger partial charge in [-0.3, -0.25) is 4.79 Å². The van der Waals surface area contributed by atoms with Crippen molar-refractivity contribution in [2.75, 3.05) is 41.0 Å². The molecule has 0 saturated heterocycles. The molecule has 0 heterocycles. The monoisotopic (exact) mass is 314 g/mol. The molecule has 0 unspecified atom stereocenters. The number of amides is 1. The molecule has 0 radical (unpaired) electrons. The van der Waals surface area contributed by atoms with Gasteiger partial charge in [-0.15, -0.1) is 0 Å². The van der Waals surface area contributed by atoms with Crippen molar-refractivity contribution in [3.05, 3.63) is 28.8 Å². The largest absolute Gasteiger partial charge is 0.491 e. The number of hydrogen-bond acceptors (Lipinski definition) is 4. The minimum absolute atomic E-state index is 0.0295. The minimum Gasteiger partial charge on any atom is -0.491 e. The van der Waals surface area contributed by atoms with Gasteiger partial charge in [-0.2, -0.15) is 0 Å². The van der Waals surface area contributed by atoms with Crippen molar-refractivity contribution in [3.63, 3.8) is 0 Å². The molecule has 0 spiro atoms. The van der Waals surface area contributed by atoms with Crippen LogP contribution in [0.3, 0.4) is 0 Å². The molecule has 1 amide bonds. The van der Waals surface area contributed by atoms with Gasteiger partial charge in [0.15, 0.2) is 0 Å². The number of carbonyl (C=O) groups is 1. The molecule has 0 bridgehead atoms. The molecule has 1 N–H and O–H groups in total. The van der Waals surface area contributed by atoms with E-state index in [-0.39, 0.29) is 5.91 Å². The molecule has 0 aliphatic carbocycles. The molecule has 0 saturated carbocycles. The first-order valence-corrected chi connectivity index (χ1v) is 7.24. The SMILES string of the molecule is COCCNCc1cccc(Cl)c1OCCC(=O)N(C)C. The lowest BCUT2D eigenvalue weighted by atomic mass is 10.2. The van der Waals surface area contributed by atoms with Gasteiger partial charge in [0.25, 0.3) is 0 Å². The zero-order valence-corrected chi connectivity index (χ0v) is 13.6. The van der Waals surface area contributed by atoms with Gasteiger partial charge in [-0.25, -0.2) is 0 Å². The van der Waals surface area contributed by atoms with Gasteiger partial charge in [0.2, 0.25) is 5.91 Å². The van der Waals surface area contributed by atoms with Crippen LogP contribution >= 0.6 is 11.6 Å². The van der Waals surface area contributed by atoms with E-state index in [4.69, 9.17) is 21.1 Å². The molecule has 6 heteroatoms. The summed E-state index contributed by atoms with van der Waals surface area (Å²) in [5, 5.41) is 3.80. The Kier molecular flexibility index (Phi) is 8.12. The van der Waals surface area contributed by atoms with Gasteiger partial charge in [0, 0.05) is 39.9 Å². The van der Waals surface area contributed by atoms with Gasteiger partial charge in [-0.05, 0) is 6.07 Å². The van der Waals surface area contributed by atoms with Crippen LogP contribution in [0.5, 0.6) is 5.75 Å². The number of benzene rings is 1. The molecule has 21 heavy (non-hydrogen) atoms. The van der Waals surface area contributed by atoms with E-state index in [1.165, 1.54) is 0 Å². The fraction of sp³-hybridized carbons (Fsp3) is 0.533. The van der Waals surface area contributed by atoms with Crippen LogP contribution in [0.25, 0.3) is 0 Å².